The summed E-state index contributed by atoms with van der Waals surface area (Å²) >= 11 is 7.13. The fourth-order valence-electron chi connectivity index (χ4n) is 3.11. The topological polar surface area (TPSA) is 92.9 Å². The monoisotopic (exact) mass is 468 g/mol. The largest absolute Gasteiger partial charge is 0.459 e. The molecule has 1 amide bonds. The number of carbonyl (C=O) groups is 1. The first-order valence-corrected chi connectivity index (χ1v) is 11.4. The summed E-state index contributed by atoms with van der Waals surface area (Å²) < 4.78 is 7.34. The first-order chi connectivity index (χ1) is 15.6. The van der Waals surface area contributed by atoms with Crippen LogP contribution in [0.4, 0.5) is 0 Å². The number of hydrogen-bond acceptors (Lipinski definition) is 5. The number of H-pyrrole nitrogens is 1. The quantitative estimate of drug-likeness (QED) is 0.360. The highest BCUT2D eigenvalue weighted by Crippen LogP contribution is 2.23. The number of thioether (sulfide) groups is 1. The third kappa shape index (κ3) is 5.72. The number of aromatic amines is 1. The standard InChI is InChI=1S/C23H21ClN4O3S/c24-18-8-6-17(7-9-18)20-11-10-19(31-20)14-25-21(29)15-32-23-27-26-22(30)28(23)13-12-16-4-2-1-3-5-16/h1-11H,12-15H2,(H,25,29)(H,26,30). The Morgan fingerprint density at radius 1 is 1.09 bits per heavy atom. The van der Waals surface area contributed by atoms with Gasteiger partial charge in [0.25, 0.3) is 0 Å². The highest BCUT2D eigenvalue weighted by Gasteiger charge is 2.12. The molecule has 0 atom stereocenters. The van der Waals surface area contributed by atoms with E-state index in [1.807, 2.05) is 54.6 Å². The minimum absolute atomic E-state index is 0.139. The smallest absolute Gasteiger partial charge is 0.343 e. The maximum Gasteiger partial charge on any atom is 0.343 e. The van der Waals surface area contributed by atoms with Gasteiger partial charge in [-0.3, -0.25) is 9.36 Å². The summed E-state index contributed by atoms with van der Waals surface area (Å²) in [6.45, 7) is 0.761. The van der Waals surface area contributed by atoms with Gasteiger partial charge >= 0.3 is 5.69 Å². The number of halogens is 1. The SMILES string of the molecule is O=C(CSc1n[nH]c(=O)n1CCc1ccccc1)NCc1ccc(-c2ccc(Cl)cc2)o1. The van der Waals surface area contributed by atoms with Crippen molar-refractivity contribution in [2.45, 2.75) is 24.7 Å². The van der Waals surface area contributed by atoms with Crippen molar-refractivity contribution >= 4 is 29.3 Å². The molecular formula is C23H21ClN4O3S. The van der Waals surface area contributed by atoms with Crippen molar-refractivity contribution in [1.82, 2.24) is 20.1 Å². The lowest BCUT2D eigenvalue weighted by atomic mass is 10.1. The fraction of sp³-hybridized carbons (Fsp3) is 0.174. The molecule has 0 saturated heterocycles. The zero-order chi connectivity index (χ0) is 22.3. The van der Waals surface area contributed by atoms with E-state index < -0.39 is 0 Å². The van der Waals surface area contributed by atoms with E-state index in [1.54, 1.807) is 16.7 Å². The van der Waals surface area contributed by atoms with Crippen LogP contribution in [0.3, 0.4) is 0 Å². The molecule has 0 aliphatic rings. The number of nitrogens with zero attached hydrogens (tertiary/aromatic N) is 2. The molecule has 9 heteroatoms. The van der Waals surface area contributed by atoms with Gasteiger partial charge < -0.3 is 9.73 Å². The van der Waals surface area contributed by atoms with Crippen LogP contribution in [0.2, 0.25) is 5.02 Å². The van der Waals surface area contributed by atoms with Crippen molar-refractivity contribution in [3.8, 4) is 11.3 Å². The zero-order valence-electron chi connectivity index (χ0n) is 17.1. The molecule has 0 fully saturated rings. The predicted molar refractivity (Wildman–Crippen MR) is 125 cm³/mol. The van der Waals surface area contributed by atoms with Crippen molar-refractivity contribution in [3.05, 3.63) is 93.6 Å². The Labute approximate surface area is 193 Å². The second kappa shape index (κ2) is 10.4. The Morgan fingerprint density at radius 3 is 2.66 bits per heavy atom. The number of carbonyl (C=O) groups excluding carboxylic acids is 1. The molecule has 32 heavy (non-hydrogen) atoms. The summed E-state index contributed by atoms with van der Waals surface area (Å²) in [7, 11) is 0. The number of aryl methyl sites for hydroxylation is 1. The van der Waals surface area contributed by atoms with Crippen molar-refractivity contribution in [3.63, 3.8) is 0 Å². The molecule has 0 aliphatic carbocycles. The van der Waals surface area contributed by atoms with E-state index >= 15 is 0 Å². The molecule has 4 aromatic rings. The first-order valence-electron chi connectivity index (χ1n) is 10.0. The molecule has 0 aliphatic heterocycles. The maximum atomic E-state index is 12.3. The second-order valence-electron chi connectivity index (χ2n) is 7.04. The lowest BCUT2D eigenvalue weighted by Crippen LogP contribution is -2.25. The van der Waals surface area contributed by atoms with Gasteiger partial charge in [0.15, 0.2) is 5.16 Å². The van der Waals surface area contributed by atoms with E-state index in [9.17, 15) is 9.59 Å². The van der Waals surface area contributed by atoms with E-state index in [4.69, 9.17) is 16.0 Å². The molecular weight excluding hydrogens is 448 g/mol. The summed E-state index contributed by atoms with van der Waals surface area (Å²) in [5.41, 5.74) is 1.76. The molecule has 2 heterocycles. The molecule has 0 bridgehead atoms. The molecule has 4 rings (SSSR count). The molecule has 2 N–H and O–H groups in total. The van der Waals surface area contributed by atoms with E-state index in [2.05, 4.69) is 15.5 Å². The average Bonchev–Trinajstić information content (AvgIpc) is 3.42. The minimum Gasteiger partial charge on any atom is -0.459 e. The van der Waals surface area contributed by atoms with Gasteiger partial charge in [0, 0.05) is 17.1 Å². The number of aromatic nitrogens is 3. The van der Waals surface area contributed by atoms with Crippen LogP contribution in [0.25, 0.3) is 11.3 Å². The van der Waals surface area contributed by atoms with Crippen LogP contribution in [0, 0.1) is 0 Å². The third-order valence-electron chi connectivity index (χ3n) is 4.77. The van der Waals surface area contributed by atoms with Crippen LogP contribution < -0.4 is 11.0 Å². The van der Waals surface area contributed by atoms with Gasteiger partial charge in [0.1, 0.15) is 11.5 Å². The number of hydrogen-bond donors (Lipinski definition) is 2. The minimum atomic E-state index is -0.283. The predicted octanol–water partition coefficient (Wildman–Crippen LogP) is 4.14. The highest BCUT2D eigenvalue weighted by atomic mass is 35.5. The lowest BCUT2D eigenvalue weighted by Gasteiger charge is -2.06. The number of amides is 1. The van der Waals surface area contributed by atoms with Crippen LogP contribution in [-0.4, -0.2) is 26.4 Å². The van der Waals surface area contributed by atoms with Gasteiger partial charge in [0.2, 0.25) is 5.91 Å². The summed E-state index contributed by atoms with van der Waals surface area (Å²) in [6.07, 6.45) is 0.703. The van der Waals surface area contributed by atoms with Gasteiger partial charge in [0.05, 0.1) is 12.3 Å². The van der Waals surface area contributed by atoms with Crippen molar-refractivity contribution < 1.29 is 9.21 Å². The number of nitrogens with one attached hydrogen (secondary N) is 2. The van der Waals surface area contributed by atoms with Crippen LogP contribution >= 0.6 is 23.4 Å². The highest BCUT2D eigenvalue weighted by molar-refractivity contribution is 7.99. The molecule has 2 aromatic carbocycles. The van der Waals surface area contributed by atoms with Crippen LogP contribution in [-0.2, 0) is 24.3 Å². The van der Waals surface area contributed by atoms with E-state index in [1.165, 1.54) is 11.8 Å². The van der Waals surface area contributed by atoms with Gasteiger partial charge in [-0.2, -0.15) is 0 Å². The number of benzene rings is 2. The summed E-state index contributed by atoms with van der Waals surface area (Å²) in [4.78, 5) is 24.4. The van der Waals surface area contributed by atoms with Gasteiger partial charge in [-0.25, -0.2) is 9.89 Å². The lowest BCUT2D eigenvalue weighted by molar-refractivity contribution is -0.118. The molecule has 0 radical (unpaired) electrons. The Morgan fingerprint density at radius 2 is 1.88 bits per heavy atom. The summed E-state index contributed by atoms with van der Waals surface area (Å²) in [6, 6.07) is 20.9. The maximum absolute atomic E-state index is 12.3. The Kier molecular flexibility index (Phi) is 7.14. The van der Waals surface area contributed by atoms with Gasteiger partial charge in [-0.15, -0.1) is 5.10 Å². The Hall–Kier alpha value is -3.23. The Balaban J connectivity index is 1.27. The normalized spacial score (nSPS) is 10.9. The van der Waals surface area contributed by atoms with Crippen molar-refractivity contribution in [1.29, 1.82) is 0 Å². The third-order valence-corrected chi connectivity index (χ3v) is 6.00. The summed E-state index contributed by atoms with van der Waals surface area (Å²) in [5, 5.41) is 10.5. The molecule has 164 valence electrons. The molecule has 7 nitrogen and oxygen atoms in total. The summed E-state index contributed by atoms with van der Waals surface area (Å²) in [5.74, 6) is 1.32. The van der Waals surface area contributed by atoms with E-state index in [0.29, 0.717) is 34.7 Å². The van der Waals surface area contributed by atoms with Crippen LogP contribution in [0.5, 0.6) is 0 Å². The van der Waals surface area contributed by atoms with Gasteiger partial charge in [-0.05, 0) is 48.4 Å². The zero-order valence-corrected chi connectivity index (χ0v) is 18.7. The molecule has 2 aromatic heterocycles. The van der Waals surface area contributed by atoms with E-state index in [0.717, 1.165) is 11.1 Å². The van der Waals surface area contributed by atoms with Crippen molar-refractivity contribution in [2.75, 3.05) is 5.75 Å². The first kappa shape index (κ1) is 22.0. The van der Waals surface area contributed by atoms with Crippen LogP contribution in [0.15, 0.2) is 81.1 Å². The van der Waals surface area contributed by atoms with Crippen LogP contribution in [0.1, 0.15) is 11.3 Å². The molecule has 0 spiro atoms. The molecule has 0 unspecified atom stereocenters. The fourth-order valence-corrected chi connectivity index (χ4v) is 4.03. The number of rotatable bonds is 9. The molecule has 0 saturated carbocycles. The van der Waals surface area contributed by atoms with Crippen molar-refractivity contribution in [2.24, 2.45) is 0 Å². The second-order valence-corrected chi connectivity index (χ2v) is 8.42. The van der Waals surface area contributed by atoms with Gasteiger partial charge in [-0.1, -0.05) is 53.7 Å². The average molecular weight is 469 g/mol. The van der Waals surface area contributed by atoms with E-state index in [-0.39, 0.29) is 23.9 Å². The number of furan rings is 1. The Bertz CT molecular complexity index is 1230.